The molecule has 3 aromatic rings. The zero-order chi connectivity index (χ0) is 14.8. The number of para-hydroxylation sites is 1. The smallest absolute Gasteiger partial charge is 0.216 e. The fourth-order valence-electron chi connectivity index (χ4n) is 2.23. The first-order chi connectivity index (χ1) is 10.2. The summed E-state index contributed by atoms with van der Waals surface area (Å²) in [7, 11) is 0. The van der Waals surface area contributed by atoms with Crippen LogP contribution in [0.4, 0.5) is 5.69 Å². The van der Waals surface area contributed by atoms with Crippen LogP contribution in [0.25, 0.3) is 10.9 Å². The minimum absolute atomic E-state index is 0.142. The van der Waals surface area contributed by atoms with Crippen LogP contribution >= 0.6 is 0 Å². The maximum Gasteiger partial charge on any atom is 0.216 e. The Morgan fingerprint density at radius 2 is 2.05 bits per heavy atom. The molecule has 0 aliphatic heterocycles. The molecule has 0 fully saturated rings. The first-order valence-corrected chi connectivity index (χ1v) is 6.65. The molecular formula is C16H14N4O. The van der Waals surface area contributed by atoms with Gasteiger partial charge in [-0.05, 0) is 19.9 Å². The van der Waals surface area contributed by atoms with E-state index in [4.69, 9.17) is 4.42 Å². The second-order valence-electron chi connectivity index (χ2n) is 4.85. The number of nitrogens with zero attached hydrogens (tertiary/aromatic N) is 3. The topological polar surface area (TPSA) is 74.7 Å². The van der Waals surface area contributed by atoms with Crippen molar-refractivity contribution >= 4 is 16.6 Å². The predicted molar refractivity (Wildman–Crippen MR) is 79.7 cm³/mol. The van der Waals surface area contributed by atoms with Crippen LogP contribution in [0.15, 0.2) is 41.1 Å². The first-order valence-electron chi connectivity index (χ1n) is 6.65. The van der Waals surface area contributed by atoms with E-state index < -0.39 is 0 Å². The number of anilines is 1. The Morgan fingerprint density at radius 3 is 2.76 bits per heavy atom. The maximum absolute atomic E-state index is 9.30. The van der Waals surface area contributed by atoms with Crippen LogP contribution in [0.2, 0.25) is 0 Å². The normalized spacial score (nSPS) is 12.0. The van der Waals surface area contributed by atoms with Gasteiger partial charge >= 0.3 is 0 Å². The number of aryl methyl sites for hydroxylation is 1. The highest BCUT2D eigenvalue weighted by Crippen LogP contribution is 2.28. The Labute approximate surface area is 122 Å². The van der Waals surface area contributed by atoms with Crippen LogP contribution in [0.5, 0.6) is 0 Å². The number of hydrogen-bond donors (Lipinski definition) is 1. The summed E-state index contributed by atoms with van der Waals surface area (Å²) in [5.41, 5.74) is 2.10. The molecule has 1 N–H and O–H groups in total. The molecule has 0 saturated carbocycles. The molecule has 1 atom stereocenters. The van der Waals surface area contributed by atoms with Gasteiger partial charge in [0, 0.05) is 11.6 Å². The number of fused-ring (bicyclic) bond motifs is 1. The molecule has 0 saturated heterocycles. The van der Waals surface area contributed by atoms with E-state index in [-0.39, 0.29) is 6.04 Å². The van der Waals surface area contributed by atoms with E-state index in [0.717, 1.165) is 22.4 Å². The molecule has 1 unspecified atom stereocenters. The van der Waals surface area contributed by atoms with Gasteiger partial charge in [-0.15, -0.1) is 0 Å². The summed E-state index contributed by atoms with van der Waals surface area (Å²) in [6.07, 6.45) is 3.27. The second-order valence-corrected chi connectivity index (χ2v) is 4.85. The van der Waals surface area contributed by atoms with Crippen molar-refractivity contribution in [3.63, 3.8) is 0 Å². The molecule has 2 heterocycles. The molecule has 0 bridgehead atoms. The second kappa shape index (κ2) is 5.25. The lowest BCUT2D eigenvalue weighted by Crippen LogP contribution is -2.09. The minimum atomic E-state index is -0.142. The monoisotopic (exact) mass is 278 g/mol. The van der Waals surface area contributed by atoms with Crippen molar-refractivity contribution in [3.8, 4) is 6.07 Å². The molecule has 104 valence electrons. The number of nitrogens with one attached hydrogen (secondary N) is 1. The van der Waals surface area contributed by atoms with Crippen molar-refractivity contribution in [3.05, 3.63) is 53.9 Å². The van der Waals surface area contributed by atoms with Gasteiger partial charge in [-0.1, -0.05) is 18.2 Å². The molecule has 1 aromatic carbocycles. The number of hydrogen-bond acceptors (Lipinski definition) is 5. The molecule has 0 radical (unpaired) electrons. The van der Waals surface area contributed by atoms with Gasteiger partial charge in [-0.2, -0.15) is 5.26 Å². The number of rotatable bonds is 3. The van der Waals surface area contributed by atoms with E-state index in [1.54, 1.807) is 12.4 Å². The summed E-state index contributed by atoms with van der Waals surface area (Å²) < 4.78 is 5.53. The van der Waals surface area contributed by atoms with Crippen LogP contribution in [0, 0.1) is 18.3 Å². The predicted octanol–water partition coefficient (Wildman–Crippen LogP) is 3.58. The Hall–Kier alpha value is -2.87. The quantitative estimate of drug-likeness (QED) is 0.792. The molecule has 21 heavy (non-hydrogen) atoms. The van der Waals surface area contributed by atoms with Gasteiger partial charge in [-0.3, -0.25) is 4.98 Å². The lowest BCUT2D eigenvalue weighted by atomic mass is 10.1. The Morgan fingerprint density at radius 1 is 1.24 bits per heavy atom. The fourth-order valence-corrected chi connectivity index (χ4v) is 2.23. The summed E-state index contributed by atoms with van der Waals surface area (Å²) in [6.45, 7) is 3.80. The molecule has 0 amide bonds. The van der Waals surface area contributed by atoms with Crippen LogP contribution < -0.4 is 5.32 Å². The summed E-state index contributed by atoms with van der Waals surface area (Å²) in [4.78, 5) is 8.51. The van der Waals surface area contributed by atoms with Crippen LogP contribution in [0.3, 0.4) is 0 Å². The molecule has 5 heteroatoms. The van der Waals surface area contributed by atoms with Gasteiger partial charge in [0.25, 0.3) is 0 Å². The van der Waals surface area contributed by atoms with E-state index in [1.165, 1.54) is 0 Å². The number of oxazole rings is 1. The Kier molecular flexibility index (Phi) is 3.28. The van der Waals surface area contributed by atoms with Crippen molar-refractivity contribution in [2.24, 2.45) is 0 Å². The highest BCUT2D eigenvalue weighted by atomic mass is 16.4. The summed E-state index contributed by atoms with van der Waals surface area (Å²) >= 11 is 0. The number of benzene rings is 1. The third-order valence-electron chi connectivity index (χ3n) is 3.27. The minimum Gasteiger partial charge on any atom is -0.444 e. The lowest BCUT2D eigenvalue weighted by molar-refractivity contribution is 0.454. The highest BCUT2D eigenvalue weighted by molar-refractivity contribution is 5.93. The van der Waals surface area contributed by atoms with Crippen LogP contribution in [-0.2, 0) is 0 Å². The third-order valence-corrected chi connectivity index (χ3v) is 3.27. The molecule has 0 aliphatic rings. The Balaban J connectivity index is 2.05. The average molecular weight is 278 g/mol. The molecule has 5 nitrogen and oxygen atoms in total. The summed E-state index contributed by atoms with van der Waals surface area (Å²) in [6, 6.07) is 9.74. The van der Waals surface area contributed by atoms with Crippen molar-refractivity contribution in [1.82, 2.24) is 9.97 Å². The zero-order valence-electron chi connectivity index (χ0n) is 11.8. The van der Waals surface area contributed by atoms with E-state index >= 15 is 0 Å². The number of pyridine rings is 1. The number of aromatic nitrogens is 2. The lowest BCUT2D eigenvalue weighted by Gasteiger charge is -2.15. The van der Waals surface area contributed by atoms with Gasteiger partial charge in [0.2, 0.25) is 5.89 Å². The Bertz CT molecular complexity index is 832. The van der Waals surface area contributed by atoms with Gasteiger partial charge < -0.3 is 9.73 Å². The third kappa shape index (κ3) is 2.43. The fraction of sp³-hybridized carbons (Fsp3) is 0.188. The van der Waals surface area contributed by atoms with Gasteiger partial charge in [0.15, 0.2) is 0 Å². The van der Waals surface area contributed by atoms with Crippen molar-refractivity contribution in [2.75, 3.05) is 5.32 Å². The highest BCUT2D eigenvalue weighted by Gasteiger charge is 2.15. The van der Waals surface area contributed by atoms with Crippen LogP contribution in [0.1, 0.15) is 30.2 Å². The van der Waals surface area contributed by atoms with Gasteiger partial charge in [-0.25, -0.2) is 4.98 Å². The maximum atomic E-state index is 9.30. The van der Waals surface area contributed by atoms with Crippen LogP contribution in [-0.4, -0.2) is 9.97 Å². The van der Waals surface area contributed by atoms with Gasteiger partial charge in [0.1, 0.15) is 17.9 Å². The van der Waals surface area contributed by atoms with E-state index in [0.29, 0.717) is 11.5 Å². The van der Waals surface area contributed by atoms with E-state index in [2.05, 4.69) is 21.4 Å². The molecule has 2 aromatic heterocycles. The molecular weight excluding hydrogens is 264 g/mol. The summed E-state index contributed by atoms with van der Waals surface area (Å²) in [5, 5.41) is 13.5. The van der Waals surface area contributed by atoms with Crippen molar-refractivity contribution < 1.29 is 4.42 Å². The molecule has 0 spiro atoms. The average Bonchev–Trinajstić information content (AvgIpc) is 2.94. The van der Waals surface area contributed by atoms with Crippen molar-refractivity contribution in [1.29, 1.82) is 5.26 Å². The standard InChI is InChI=1S/C16H14N4O/c1-10-8-19-16(21-10)11(2)20-15-12(7-17)9-18-14-6-4-3-5-13(14)15/h3-6,8-9,11H,1-2H3,(H,18,20). The molecule has 3 rings (SSSR count). The zero-order valence-corrected chi connectivity index (χ0v) is 11.8. The molecule has 0 aliphatic carbocycles. The SMILES string of the molecule is Cc1cnc(C(C)Nc2c(C#N)cnc3ccccc23)o1. The largest absolute Gasteiger partial charge is 0.444 e. The van der Waals surface area contributed by atoms with Gasteiger partial charge in [0.05, 0.1) is 23.0 Å². The number of nitriles is 1. The summed E-state index contributed by atoms with van der Waals surface area (Å²) in [5.74, 6) is 1.36. The van der Waals surface area contributed by atoms with E-state index in [1.807, 2.05) is 38.1 Å². The van der Waals surface area contributed by atoms with E-state index in [9.17, 15) is 5.26 Å². The van der Waals surface area contributed by atoms with Crippen molar-refractivity contribution in [2.45, 2.75) is 19.9 Å². The first kappa shape index (κ1) is 13.1.